The van der Waals surface area contributed by atoms with Gasteiger partial charge in [0, 0.05) is 19.3 Å². The Bertz CT molecular complexity index is 395. The molecule has 2 N–H and O–H groups in total. The van der Waals surface area contributed by atoms with E-state index >= 15 is 0 Å². The molecule has 0 aromatic carbocycles. The molecule has 1 heterocycles. The molecule has 1 amide bonds. The van der Waals surface area contributed by atoms with Crippen molar-refractivity contribution in [3.63, 3.8) is 0 Å². The number of halogens is 2. The summed E-state index contributed by atoms with van der Waals surface area (Å²) >= 11 is 5.72. The number of aromatic nitrogens is 1. The highest BCUT2D eigenvalue weighted by atomic mass is 35.5. The fraction of sp³-hybridized carbons (Fsp3) is 0.538. The Morgan fingerprint density at radius 3 is 2.53 bits per heavy atom. The lowest BCUT2D eigenvalue weighted by Crippen LogP contribution is -2.46. The normalized spacial score (nSPS) is 11.9. The van der Waals surface area contributed by atoms with Gasteiger partial charge in [-0.05, 0) is 24.5 Å². The van der Waals surface area contributed by atoms with Gasteiger partial charge in [-0.2, -0.15) is 0 Å². The average molecular weight is 306 g/mol. The van der Waals surface area contributed by atoms with Crippen LogP contribution in [-0.2, 0) is 11.3 Å². The quantitative estimate of drug-likeness (QED) is 0.850. The van der Waals surface area contributed by atoms with Crippen molar-refractivity contribution in [2.75, 3.05) is 6.54 Å². The van der Waals surface area contributed by atoms with Crippen LogP contribution in [0.1, 0.15) is 26.3 Å². The van der Waals surface area contributed by atoms with E-state index in [1.807, 2.05) is 26.8 Å². The second-order valence-corrected chi connectivity index (χ2v) is 5.00. The van der Waals surface area contributed by atoms with Gasteiger partial charge in [0.05, 0.1) is 6.04 Å². The first-order valence-electron chi connectivity index (χ1n) is 6.10. The van der Waals surface area contributed by atoms with Crippen LogP contribution in [0.4, 0.5) is 0 Å². The summed E-state index contributed by atoms with van der Waals surface area (Å²) in [5, 5.41) is 0.451. The number of nitrogens with zero attached hydrogens (tertiary/aromatic N) is 2. The van der Waals surface area contributed by atoms with Crippen LogP contribution in [-0.4, -0.2) is 28.4 Å². The van der Waals surface area contributed by atoms with Gasteiger partial charge in [0.25, 0.3) is 0 Å². The maximum atomic E-state index is 12.1. The third-order valence-electron chi connectivity index (χ3n) is 2.86. The van der Waals surface area contributed by atoms with Gasteiger partial charge in [0.2, 0.25) is 5.91 Å². The van der Waals surface area contributed by atoms with Crippen molar-refractivity contribution in [1.82, 2.24) is 9.88 Å². The number of pyridine rings is 1. The lowest BCUT2D eigenvalue weighted by Gasteiger charge is -2.26. The molecule has 0 radical (unpaired) electrons. The summed E-state index contributed by atoms with van der Waals surface area (Å²) in [6.45, 7) is 6.97. The molecule has 6 heteroatoms. The summed E-state index contributed by atoms with van der Waals surface area (Å²) in [6, 6.07) is 3.13. The van der Waals surface area contributed by atoms with Crippen molar-refractivity contribution in [2.24, 2.45) is 11.7 Å². The molecule has 19 heavy (non-hydrogen) atoms. The Balaban J connectivity index is 0.00000324. The molecule has 0 bridgehead atoms. The molecule has 0 saturated heterocycles. The highest BCUT2D eigenvalue weighted by Gasteiger charge is 2.22. The van der Waals surface area contributed by atoms with E-state index in [1.54, 1.807) is 17.2 Å². The first kappa shape index (κ1) is 18.2. The number of nitrogens with two attached hydrogens (primary N) is 1. The van der Waals surface area contributed by atoms with Crippen molar-refractivity contribution in [3.05, 3.63) is 29.0 Å². The molecule has 1 atom stereocenters. The summed E-state index contributed by atoms with van der Waals surface area (Å²) in [5.41, 5.74) is 6.84. The van der Waals surface area contributed by atoms with E-state index < -0.39 is 6.04 Å². The van der Waals surface area contributed by atoms with Gasteiger partial charge in [0.15, 0.2) is 0 Å². The highest BCUT2D eigenvalue weighted by molar-refractivity contribution is 6.29. The Labute approximate surface area is 125 Å². The van der Waals surface area contributed by atoms with E-state index in [0.29, 0.717) is 18.2 Å². The number of likely N-dealkylation sites (N-methyl/N-ethyl adjacent to an activating group) is 1. The number of carbonyl (C=O) groups excluding carboxylic acids is 1. The zero-order valence-electron chi connectivity index (χ0n) is 11.5. The fourth-order valence-corrected chi connectivity index (χ4v) is 1.67. The van der Waals surface area contributed by atoms with Crippen molar-refractivity contribution in [1.29, 1.82) is 0 Å². The van der Waals surface area contributed by atoms with Gasteiger partial charge in [0.1, 0.15) is 5.15 Å². The number of amides is 1. The highest BCUT2D eigenvalue weighted by Crippen LogP contribution is 2.10. The second-order valence-electron chi connectivity index (χ2n) is 4.61. The SMILES string of the molecule is CCN(Cc1ccc(Cl)nc1)C(=O)[C@@H](N)C(C)C.Cl. The molecule has 0 fully saturated rings. The van der Waals surface area contributed by atoms with E-state index in [-0.39, 0.29) is 24.2 Å². The standard InChI is InChI=1S/C13H20ClN3O.ClH/c1-4-17(13(18)12(15)9(2)3)8-10-5-6-11(14)16-7-10;/h5-7,9,12H,4,8,15H2,1-3H3;1H/t12-;/m0./s1. The largest absolute Gasteiger partial charge is 0.337 e. The van der Waals surface area contributed by atoms with Gasteiger partial charge in [-0.3, -0.25) is 4.79 Å². The summed E-state index contributed by atoms with van der Waals surface area (Å²) in [4.78, 5) is 17.9. The predicted octanol–water partition coefficient (Wildman–Crippen LogP) is 2.49. The molecule has 0 unspecified atom stereocenters. The van der Waals surface area contributed by atoms with Gasteiger partial charge < -0.3 is 10.6 Å². The smallest absolute Gasteiger partial charge is 0.240 e. The van der Waals surface area contributed by atoms with Gasteiger partial charge in [-0.15, -0.1) is 12.4 Å². The zero-order chi connectivity index (χ0) is 13.7. The molecular weight excluding hydrogens is 285 g/mol. The van der Waals surface area contributed by atoms with E-state index in [2.05, 4.69) is 4.98 Å². The maximum Gasteiger partial charge on any atom is 0.240 e. The molecule has 1 aromatic rings. The third kappa shape index (κ3) is 5.35. The van der Waals surface area contributed by atoms with Crippen molar-refractivity contribution in [3.8, 4) is 0 Å². The van der Waals surface area contributed by atoms with Crippen LogP contribution in [0.3, 0.4) is 0 Å². The number of carbonyl (C=O) groups is 1. The zero-order valence-corrected chi connectivity index (χ0v) is 13.0. The summed E-state index contributed by atoms with van der Waals surface area (Å²) < 4.78 is 0. The summed E-state index contributed by atoms with van der Waals surface area (Å²) in [5.74, 6) is 0.109. The van der Waals surface area contributed by atoms with Crippen molar-refractivity contribution in [2.45, 2.75) is 33.4 Å². The lowest BCUT2D eigenvalue weighted by atomic mass is 10.0. The van der Waals surface area contributed by atoms with E-state index in [4.69, 9.17) is 17.3 Å². The average Bonchev–Trinajstić information content (AvgIpc) is 2.36. The molecular formula is C13H21Cl2N3O. The van der Waals surface area contributed by atoms with Crippen LogP contribution in [0, 0.1) is 5.92 Å². The van der Waals surface area contributed by atoms with Gasteiger partial charge in [-0.1, -0.05) is 31.5 Å². The van der Waals surface area contributed by atoms with E-state index in [9.17, 15) is 4.79 Å². The van der Waals surface area contributed by atoms with Gasteiger partial charge >= 0.3 is 0 Å². The molecule has 0 aliphatic heterocycles. The van der Waals surface area contributed by atoms with Crippen LogP contribution in [0.5, 0.6) is 0 Å². The fourth-order valence-electron chi connectivity index (χ4n) is 1.56. The Morgan fingerprint density at radius 1 is 1.47 bits per heavy atom. The first-order chi connectivity index (χ1) is 8.45. The summed E-state index contributed by atoms with van der Waals surface area (Å²) in [7, 11) is 0. The Hall–Kier alpha value is -0.840. The lowest BCUT2D eigenvalue weighted by molar-refractivity contribution is -0.134. The topological polar surface area (TPSA) is 59.2 Å². The third-order valence-corrected chi connectivity index (χ3v) is 3.08. The molecule has 4 nitrogen and oxygen atoms in total. The number of hydrogen-bond acceptors (Lipinski definition) is 3. The predicted molar refractivity (Wildman–Crippen MR) is 80.4 cm³/mol. The number of rotatable bonds is 5. The maximum absolute atomic E-state index is 12.1. The second kappa shape index (κ2) is 8.35. The summed E-state index contributed by atoms with van der Waals surface area (Å²) in [6.07, 6.45) is 1.68. The molecule has 0 aliphatic carbocycles. The minimum Gasteiger partial charge on any atom is -0.337 e. The van der Waals surface area contributed by atoms with Crippen LogP contribution < -0.4 is 5.73 Å². The molecule has 0 spiro atoms. The molecule has 0 aliphatic rings. The van der Waals surface area contributed by atoms with Gasteiger partial charge in [-0.25, -0.2) is 4.98 Å². The van der Waals surface area contributed by atoms with E-state index in [0.717, 1.165) is 5.56 Å². The van der Waals surface area contributed by atoms with Crippen molar-refractivity contribution >= 4 is 29.9 Å². The number of hydrogen-bond donors (Lipinski definition) is 1. The van der Waals surface area contributed by atoms with E-state index in [1.165, 1.54) is 0 Å². The van der Waals surface area contributed by atoms with Crippen LogP contribution in [0.2, 0.25) is 5.15 Å². The molecule has 1 rings (SSSR count). The van der Waals surface area contributed by atoms with Crippen molar-refractivity contribution < 1.29 is 4.79 Å². The van der Waals surface area contributed by atoms with Crippen LogP contribution >= 0.6 is 24.0 Å². The molecule has 0 saturated carbocycles. The Kier molecular flexibility index (Phi) is 7.99. The molecule has 108 valence electrons. The van der Waals surface area contributed by atoms with Crippen LogP contribution in [0.15, 0.2) is 18.3 Å². The Morgan fingerprint density at radius 2 is 2.11 bits per heavy atom. The monoisotopic (exact) mass is 305 g/mol. The van der Waals surface area contributed by atoms with Crippen LogP contribution in [0.25, 0.3) is 0 Å². The minimum absolute atomic E-state index is 0. The molecule has 1 aromatic heterocycles. The first-order valence-corrected chi connectivity index (χ1v) is 6.48. The minimum atomic E-state index is -0.454.